The van der Waals surface area contributed by atoms with E-state index < -0.39 is 16.0 Å². The molecule has 0 aliphatic rings. The maximum Gasteiger partial charge on any atom is 0.322 e. The van der Waals surface area contributed by atoms with Gasteiger partial charge < -0.3 is 10.4 Å². The molecule has 0 aliphatic carbocycles. The van der Waals surface area contributed by atoms with Crippen LogP contribution >= 0.6 is 0 Å². The van der Waals surface area contributed by atoms with Crippen molar-refractivity contribution in [2.45, 2.75) is 31.3 Å². The van der Waals surface area contributed by atoms with E-state index in [1.54, 1.807) is 30.3 Å². The third kappa shape index (κ3) is 6.78. The fourth-order valence-corrected chi connectivity index (χ4v) is 5.21. The third-order valence-corrected chi connectivity index (χ3v) is 7.21. The molecular weight excluding hydrogens is 488 g/mol. The van der Waals surface area contributed by atoms with Gasteiger partial charge in [0.15, 0.2) is 5.03 Å². The van der Waals surface area contributed by atoms with Crippen molar-refractivity contribution >= 4 is 21.8 Å². The van der Waals surface area contributed by atoms with Crippen molar-refractivity contribution in [1.29, 1.82) is 0 Å². The molecule has 0 saturated carbocycles. The van der Waals surface area contributed by atoms with Crippen LogP contribution in [0.15, 0.2) is 90.1 Å². The maximum absolute atomic E-state index is 13.2. The van der Waals surface area contributed by atoms with Crippen LogP contribution in [0.4, 0.5) is 5.82 Å². The molecule has 37 heavy (non-hydrogen) atoms. The molecule has 190 valence electrons. The van der Waals surface area contributed by atoms with Crippen molar-refractivity contribution < 1.29 is 18.3 Å². The van der Waals surface area contributed by atoms with Gasteiger partial charge in [0.2, 0.25) is 0 Å². The standard InChI is InChI=1S/C28H28N4O4S/c1-2-21-16-20(13-14-25(21)22-8-4-3-5-9-22)17-23-10-7-15-29-28(23)37(35,36)31-18-24-11-6-12-26(32-24)30-19-27(33)34/h3-16,31H,2,17-19H2,1H3,(H,30,32)(H,33,34). The molecule has 2 aromatic heterocycles. The van der Waals surface area contributed by atoms with Crippen LogP contribution in [-0.2, 0) is 34.2 Å². The zero-order valence-electron chi connectivity index (χ0n) is 20.4. The molecular formula is C28H28N4O4S. The van der Waals surface area contributed by atoms with Crippen LogP contribution < -0.4 is 10.0 Å². The lowest BCUT2D eigenvalue weighted by molar-refractivity contribution is -0.134. The van der Waals surface area contributed by atoms with Gasteiger partial charge >= 0.3 is 5.97 Å². The summed E-state index contributed by atoms with van der Waals surface area (Å²) < 4.78 is 28.9. The second-order valence-corrected chi connectivity index (χ2v) is 10.1. The summed E-state index contributed by atoms with van der Waals surface area (Å²) in [5.74, 6) is -0.667. The van der Waals surface area contributed by atoms with Gasteiger partial charge in [-0.1, -0.05) is 67.6 Å². The lowest BCUT2D eigenvalue weighted by atomic mass is 9.94. The number of anilines is 1. The van der Waals surface area contributed by atoms with E-state index >= 15 is 0 Å². The van der Waals surface area contributed by atoms with Crippen LogP contribution in [0.25, 0.3) is 11.1 Å². The fraction of sp³-hybridized carbons (Fsp3) is 0.179. The number of aliphatic carboxylic acids is 1. The largest absolute Gasteiger partial charge is 0.480 e. The van der Waals surface area contributed by atoms with Crippen LogP contribution in [0, 0.1) is 0 Å². The zero-order valence-corrected chi connectivity index (χ0v) is 21.2. The van der Waals surface area contributed by atoms with Crippen LogP contribution in [-0.4, -0.2) is 36.0 Å². The minimum Gasteiger partial charge on any atom is -0.480 e. The van der Waals surface area contributed by atoms with Crippen LogP contribution in [0.3, 0.4) is 0 Å². The van der Waals surface area contributed by atoms with Crippen LogP contribution in [0.5, 0.6) is 0 Å². The molecule has 0 fully saturated rings. The fourth-order valence-electron chi connectivity index (χ4n) is 4.05. The highest BCUT2D eigenvalue weighted by atomic mass is 32.2. The minimum atomic E-state index is -3.93. The molecule has 8 nitrogen and oxygen atoms in total. The third-order valence-electron chi connectivity index (χ3n) is 5.81. The van der Waals surface area contributed by atoms with Gasteiger partial charge in [0.05, 0.1) is 12.2 Å². The number of pyridine rings is 2. The number of sulfonamides is 1. The molecule has 4 aromatic rings. The molecule has 2 aromatic carbocycles. The van der Waals surface area contributed by atoms with E-state index in [4.69, 9.17) is 5.11 Å². The number of nitrogens with one attached hydrogen (secondary N) is 2. The highest BCUT2D eigenvalue weighted by Crippen LogP contribution is 2.27. The zero-order chi connectivity index (χ0) is 26.3. The van der Waals surface area contributed by atoms with E-state index in [-0.39, 0.29) is 18.1 Å². The van der Waals surface area contributed by atoms with Crippen molar-refractivity contribution in [3.8, 4) is 11.1 Å². The lowest BCUT2D eigenvalue weighted by Gasteiger charge is -2.13. The van der Waals surface area contributed by atoms with E-state index in [9.17, 15) is 13.2 Å². The SMILES string of the molecule is CCc1cc(Cc2cccnc2S(=O)(=O)NCc2cccc(NCC(=O)O)n2)ccc1-c1ccccc1. The Morgan fingerprint density at radius 3 is 2.51 bits per heavy atom. The number of aryl methyl sites for hydroxylation is 1. The number of carboxylic acid groups (broad SMARTS) is 1. The van der Waals surface area contributed by atoms with E-state index in [1.807, 2.05) is 24.3 Å². The van der Waals surface area contributed by atoms with Crippen LogP contribution in [0.2, 0.25) is 0 Å². The van der Waals surface area contributed by atoms with Crippen molar-refractivity contribution in [2.24, 2.45) is 0 Å². The number of rotatable bonds is 11. The number of carboxylic acids is 1. The van der Waals surface area contributed by atoms with Gasteiger partial charge in [-0.2, -0.15) is 0 Å². The maximum atomic E-state index is 13.2. The molecule has 2 heterocycles. The number of benzene rings is 2. The van der Waals surface area contributed by atoms with Gasteiger partial charge in [0, 0.05) is 12.6 Å². The van der Waals surface area contributed by atoms with E-state index in [1.165, 1.54) is 17.3 Å². The molecule has 0 radical (unpaired) electrons. The van der Waals surface area contributed by atoms with Crippen LogP contribution in [0.1, 0.15) is 29.3 Å². The average Bonchev–Trinajstić information content (AvgIpc) is 2.92. The van der Waals surface area contributed by atoms with Crippen molar-refractivity contribution in [3.63, 3.8) is 0 Å². The Labute approximate surface area is 216 Å². The lowest BCUT2D eigenvalue weighted by Crippen LogP contribution is -2.26. The second-order valence-electron chi connectivity index (χ2n) is 8.44. The Hall–Kier alpha value is -4.08. The van der Waals surface area contributed by atoms with Gasteiger partial charge in [-0.3, -0.25) is 4.79 Å². The number of aromatic nitrogens is 2. The quantitative estimate of drug-likeness (QED) is 0.272. The highest BCUT2D eigenvalue weighted by molar-refractivity contribution is 7.89. The first-order valence-electron chi connectivity index (χ1n) is 11.9. The predicted octanol–water partition coefficient (Wildman–Crippen LogP) is 4.27. The molecule has 0 aliphatic heterocycles. The number of nitrogens with zero attached hydrogens (tertiary/aromatic N) is 2. The van der Waals surface area contributed by atoms with E-state index in [0.717, 1.165) is 17.5 Å². The van der Waals surface area contributed by atoms with Gasteiger partial charge in [-0.05, 0) is 52.4 Å². The molecule has 0 bridgehead atoms. The summed E-state index contributed by atoms with van der Waals surface area (Å²) in [4.78, 5) is 19.2. The van der Waals surface area contributed by atoms with Gasteiger partial charge in [-0.15, -0.1) is 0 Å². The summed E-state index contributed by atoms with van der Waals surface area (Å²) in [5.41, 5.74) is 5.54. The van der Waals surface area contributed by atoms with Crippen molar-refractivity contribution in [3.05, 3.63) is 107 Å². The number of hydrogen-bond acceptors (Lipinski definition) is 6. The Morgan fingerprint density at radius 2 is 1.76 bits per heavy atom. The first kappa shape index (κ1) is 26.0. The van der Waals surface area contributed by atoms with Gasteiger partial charge in [0.1, 0.15) is 12.4 Å². The molecule has 0 saturated heterocycles. The normalized spacial score (nSPS) is 11.3. The summed E-state index contributed by atoms with van der Waals surface area (Å²) in [7, 11) is -3.93. The molecule has 4 rings (SSSR count). The number of hydrogen-bond donors (Lipinski definition) is 3. The summed E-state index contributed by atoms with van der Waals surface area (Å²) in [6, 6.07) is 24.9. The molecule has 9 heteroatoms. The summed E-state index contributed by atoms with van der Waals surface area (Å²) in [6.45, 7) is 1.76. The Morgan fingerprint density at radius 1 is 0.946 bits per heavy atom. The summed E-state index contributed by atoms with van der Waals surface area (Å²) in [6.07, 6.45) is 2.73. The molecule has 0 atom stereocenters. The summed E-state index contributed by atoms with van der Waals surface area (Å²) in [5, 5.41) is 11.5. The average molecular weight is 517 g/mol. The smallest absolute Gasteiger partial charge is 0.322 e. The van der Waals surface area contributed by atoms with Gasteiger partial charge in [-0.25, -0.2) is 23.1 Å². The van der Waals surface area contributed by atoms with Gasteiger partial charge in [0.25, 0.3) is 10.0 Å². The topological polar surface area (TPSA) is 121 Å². The first-order chi connectivity index (χ1) is 17.9. The molecule has 0 amide bonds. The molecule has 0 unspecified atom stereocenters. The highest BCUT2D eigenvalue weighted by Gasteiger charge is 2.20. The second kappa shape index (κ2) is 11.8. The predicted molar refractivity (Wildman–Crippen MR) is 143 cm³/mol. The summed E-state index contributed by atoms with van der Waals surface area (Å²) >= 11 is 0. The molecule has 0 spiro atoms. The Kier molecular flexibility index (Phi) is 8.27. The van der Waals surface area contributed by atoms with E-state index in [0.29, 0.717) is 23.5 Å². The monoisotopic (exact) mass is 516 g/mol. The van der Waals surface area contributed by atoms with Crippen molar-refractivity contribution in [2.75, 3.05) is 11.9 Å². The van der Waals surface area contributed by atoms with Crippen molar-refractivity contribution in [1.82, 2.24) is 14.7 Å². The molecule has 3 N–H and O–H groups in total. The van der Waals surface area contributed by atoms with E-state index in [2.05, 4.69) is 51.2 Å². The Bertz CT molecular complexity index is 1490. The Balaban J connectivity index is 1.52. The number of carbonyl (C=O) groups is 1. The minimum absolute atomic E-state index is 0.0275. The first-order valence-corrected chi connectivity index (χ1v) is 13.4.